The topological polar surface area (TPSA) is 46.3 Å². The van der Waals surface area contributed by atoms with E-state index in [4.69, 9.17) is 17.3 Å². The van der Waals surface area contributed by atoms with Gasteiger partial charge in [-0.2, -0.15) is 0 Å². The molecule has 1 unspecified atom stereocenters. The van der Waals surface area contributed by atoms with E-state index in [0.717, 1.165) is 19.5 Å². The number of nitrogens with zero attached hydrogens (tertiary/aromatic N) is 1. The number of anilines is 1. The minimum absolute atomic E-state index is 0.0609. The second-order valence-corrected chi connectivity index (χ2v) is 4.72. The van der Waals surface area contributed by atoms with Crippen molar-refractivity contribution >= 4 is 23.1 Å². The van der Waals surface area contributed by atoms with E-state index in [1.807, 2.05) is 7.05 Å². The molecule has 16 heavy (non-hydrogen) atoms. The predicted molar refractivity (Wildman–Crippen MR) is 65.8 cm³/mol. The number of ketones is 1. The zero-order valence-electron chi connectivity index (χ0n) is 9.24. The van der Waals surface area contributed by atoms with Crippen molar-refractivity contribution in [3.05, 3.63) is 28.8 Å². The maximum atomic E-state index is 12.2. The molecule has 1 fully saturated rings. The molecule has 1 saturated heterocycles. The van der Waals surface area contributed by atoms with Crippen molar-refractivity contribution in [3.8, 4) is 0 Å². The van der Waals surface area contributed by atoms with E-state index in [1.54, 1.807) is 18.2 Å². The van der Waals surface area contributed by atoms with Gasteiger partial charge in [0.15, 0.2) is 5.78 Å². The lowest BCUT2D eigenvalue weighted by atomic mass is 9.96. The lowest BCUT2D eigenvalue weighted by molar-refractivity contribution is 0.0925. The first kappa shape index (κ1) is 11.4. The lowest BCUT2D eigenvalue weighted by Crippen LogP contribution is -2.20. The summed E-state index contributed by atoms with van der Waals surface area (Å²) < 4.78 is 0. The number of halogens is 1. The summed E-state index contributed by atoms with van der Waals surface area (Å²) in [5.74, 6) is 0.176. The molecule has 1 aromatic carbocycles. The first-order chi connectivity index (χ1) is 7.59. The Hall–Kier alpha value is -1.06. The Bertz CT molecular complexity index is 419. The van der Waals surface area contributed by atoms with E-state index in [-0.39, 0.29) is 11.7 Å². The van der Waals surface area contributed by atoms with Gasteiger partial charge in [-0.3, -0.25) is 4.79 Å². The summed E-state index contributed by atoms with van der Waals surface area (Å²) in [6, 6.07) is 5.22. The van der Waals surface area contributed by atoms with E-state index >= 15 is 0 Å². The summed E-state index contributed by atoms with van der Waals surface area (Å²) in [6.45, 7) is 1.78. The molecular weight excluding hydrogens is 224 g/mol. The van der Waals surface area contributed by atoms with Gasteiger partial charge in [0, 0.05) is 18.0 Å². The Labute approximate surface area is 100 Å². The van der Waals surface area contributed by atoms with Gasteiger partial charge < -0.3 is 10.6 Å². The molecule has 0 bridgehead atoms. The molecular formula is C12H15ClN2O. The second-order valence-electron chi connectivity index (χ2n) is 4.31. The summed E-state index contributed by atoms with van der Waals surface area (Å²) in [5, 5.41) is 0.456. The molecule has 0 saturated carbocycles. The number of Topliss-reactive ketones (excluding diaryl/α,β-unsaturated/α-hetero) is 1. The summed E-state index contributed by atoms with van der Waals surface area (Å²) in [4.78, 5) is 14.4. The van der Waals surface area contributed by atoms with Crippen LogP contribution in [0.15, 0.2) is 18.2 Å². The van der Waals surface area contributed by atoms with Crippen LogP contribution in [0.2, 0.25) is 5.02 Å². The van der Waals surface area contributed by atoms with E-state index < -0.39 is 0 Å². The zero-order chi connectivity index (χ0) is 11.7. The fourth-order valence-corrected chi connectivity index (χ4v) is 2.30. The number of carbonyl (C=O) groups is 1. The molecule has 4 heteroatoms. The lowest BCUT2D eigenvalue weighted by Gasteiger charge is -2.11. The van der Waals surface area contributed by atoms with E-state index in [0.29, 0.717) is 16.3 Å². The molecule has 0 aromatic heterocycles. The summed E-state index contributed by atoms with van der Waals surface area (Å²) >= 11 is 5.91. The monoisotopic (exact) mass is 238 g/mol. The summed E-state index contributed by atoms with van der Waals surface area (Å²) in [5.41, 5.74) is 6.79. The van der Waals surface area contributed by atoms with Gasteiger partial charge in [0.25, 0.3) is 0 Å². The molecule has 3 nitrogen and oxygen atoms in total. The summed E-state index contributed by atoms with van der Waals surface area (Å²) in [7, 11) is 2.02. The van der Waals surface area contributed by atoms with Gasteiger partial charge in [-0.1, -0.05) is 17.7 Å². The van der Waals surface area contributed by atoms with Crippen LogP contribution < -0.4 is 5.73 Å². The van der Waals surface area contributed by atoms with E-state index in [9.17, 15) is 4.79 Å². The molecule has 1 aromatic rings. The third-order valence-electron chi connectivity index (χ3n) is 3.08. The Morgan fingerprint density at radius 1 is 1.56 bits per heavy atom. The van der Waals surface area contributed by atoms with Crippen LogP contribution in [-0.2, 0) is 0 Å². The van der Waals surface area contributed by atoms with Crippen molar-refractivity contribution < 1.29 is 4.79 Å². The van der Waals surface area contributed by atoms with Gasteiger partial charge in [-0.05, 0) is 32.1 Å². The van der Waals surface area contributed by atoms with Crippen molar-refractivity contribution in [1.29, 1.82) is 0 Å². The highest BCUT2D eigenvalue weighted by atomic mass is 35.5. The molecule has 0 radical (unpaired) electrons. The van der Waals surface area contributed by atoms with Crippen LogP contribution in [-0.4, -0.2) is 30.8 Å². The highest BCUT2D eigenvalue weighted by Gasteiger charge is 2.28. The Kier molecular flexibility index (Phi) is 3.17. The minimum atomic E-state index is 0.0609. The minimum Gasteiger partial charge on any atom is -0.397 e. The number of nitrogen functional groups attached to an aromatic ring is 1. The SMILES string of the molecule is CN1CCC(C(=O)c2cccc(Cl)c2N)C1. The summed E-state index contributed by atoms with van der Waals surface area (Å²) in [6.07, 6.45) is 0.904. The molecule has 2 rings (SSSR count). The molecule has 0 spiro atoms. The maximum Gasteiger partial charge on any atom is 0.169 e. The van der Waals surface area contributed by atoms with Crippen LogP contribution in [0.3, 0.4) is 0 Å². The van der Waals surface area contributed by atoms with Crippen molar-refractivity contribution in [3.63, 3.8) is 0 Å². The average molecular weight is 239 g/mol. The van der Waals surface area contributed by atoms with Gasteiger partial charge in [-0.15, -0.1) is 0 Å². The molecule has 1 aliphatic rings. The van der Waals surface area contributed by atoms with E-state index in [2.05, 4.69) is 4.90 Å². The van der Waals surface area contributed by atoms with Crippen LogP contribution in [0, 0.1) is 5.92 Å². The van der Waals surface area contributed by atoms with Gasteiger partial charge in [0.1, 0.15) is 0 Å². The highest BCUT2D eigenvalue weighted by Crippen LogP contribution is 2.27. The van der Waals surface area contributed by atoms with Crippen molar-refractivity contribution in [2.45, 2.75) is 6.42 Å². The fourth-order valence-electron chi connectivity index (χ4n) is 2.12. The molecule has 86 valence electrons. The highest BCUT2D eigenvalue weighted by molar-refractivity contribution is 6.34. The number of carbonyl (C=O) groups excluding carboxylic acids is 1. The number of rotatable bonds is 2. The zero-order valence-corrected chi connectivity index (χ0v) is 10.00. The number of likely N-dealkylation sites (tertiary alicyclic amines) is 1. The van der Waals surface area contributed by atoms with Crippen molar-refractivity contribution in [2.75, 3.05) is 25.9 Å². The van der Waals surface area contributed by atoms with Crippen LogP contribution in [0.25, 0.3) is 0 Å². The average Bonchev–Trinajstić information content (AvgIpc) is 2.68. The Morgan fingerprint density at radius 3 is 2.94 bits per heavy atom. The standard InChI is InChI=1S/C12H15ClN2O/c1-15-6-5-8(7-15)12(16)9-3-2-4-10(13)11(9)14/h2-4,8H,5-7,14H2,1H3. The quantitative estimate of drug-likeness (QED) is 0.634. The molecule has 1 atom stereocenters. The predicted octanol–water partition coefficient (Wildman–Crippen LogP) is 2.06. The molecule has 2 N–H and O–H groups in total. The van der Waals surface area contributed by atoms with Crippen molar-refractivity contribution in [1.82, 2.24) is 4.90 Å². The van der Waals surface area contributed by atoms with Gasteiger partial charge >= 0.3 is 0 Å². The smallest absolute Gasteiger partial charge is 0.169 e. The van der Waals surface area contributed by atoms with Crippen LogP contribution in [0.1, 0.15) is 16.8 Å². The van der Waals surface area contributed by atoms with Crippen LogP contribution in [0.4, 0.5) is 5.69 Å². The number of para-hydroxylation sites is 1. The molecule has 1 aliphatic heterocycles. The van der Waals surface area contributed by atoms with E-state index in [1.165, 1.54) is 0 Å². The number of hydrogen-bond acceptors (Lipinski definition) is 3. The van der Waals surface area contributed by atoms with Crippen LogP contribution in [0.5, 0.6) is 0 Å². The third kappa shape index (κ3) is 2.06. The maximum absolute atomic E-state index is 12.2. The second kappa shape index (κ2) is 4.44. The first-order valence-corrected chi connectivity index (χ1v) is 5.74. The van der Waals surface area contributed by atoms with Crippen molar-refractivity contribution in [2.24, 2.45) is 5.92 Å². The normalized spacial score (nSPS) is 21.2. The third-order valence-corrected chi connectivity index (χ3v) is 3.41. The van der Waals surface area contributed by atoms with Crippen LogP contribution >= 0.6 is 11.6 Å². The largest absolute Gasteiger partial charge is 0.397 e. The number of hydrogen-bond donors (Lipinski definition) is 1. The van der Waals surface area contributed by atoms with Gasteiger partial charge in [-0.25, -0.2) is 0 Å². The molecule has 0 amide bonds. The molecule has 1 heterocycles. The molecule has 0 aliphatic carbocycles. The Morgan fingerprint density at radius 2 is 2.31 bits per heavy atom. The fraction of sp³-hybridized carbons (Fsp3) is 0.417. The Balaban J connectivity index is 2.24. The number of nitrogens with two attached hydrogens (primary N) is 1. The van der Waals surface area contributed by atoms with Gasteiger partial charge in [0.2, 0.25) is 0 Å². The number of benzene rings is 1. The van der Waals surface area contributed by atoms with Gasteiger partial charge in [0.05, 0.1) is 10.7 Å². The first-order valence-electron chi connectivity index (χ1n) is 5.36.